The number of hydrogen-bond donors (Lipinski definition) is 3. The van der Waals surface area contributed by atoms with Crippen LogP contribution in [0.5, 0.6) is 11.8 Å². The molecule has 2 aromatic rings. The minimum atomic E-state index is -4.61. The minimum Gasteiger partial charge on any atom is -0.493 e. The Kier molecular flexibility index (Phi) is 3.63. The summed E-state index contributed by atoms with van der Waals surface area (Å²) in [6.07, 6.45) is 0.165. The molecule has 0 saturated carbocycles. The fraction of sp³-hybridized carbons (Fsp3) is 0.214. The van der Waals surface area contributed by atoms with E-state index in [4.69, 9.17) is 11.6 Å². The molecule has 0 atom stereocenters. The van der Waals surface area contributed by atoms with Crippen molar-refractivity contribution in [3.63, 3.8) is 0 Å². The van der Waals surface area contributed by atoms with E-state index in [1.807, 2.05) is 6.08 Å². The monoisotopic (exact) mass is 345 g/mol. The second-order valence-corrected chi connectivity index (χ2v) is 5.32. The maximum absolute atomic E-state index is 12.7. The van der Waals surface area contributed by atoms with Crippen LogP contribution in [0.15, 0.2) is 18.2 Å². The van der Waals surface area contributed by atoms with Gasteiger partial charge in [0.2, 0.25) is 11.8 Å². The predicted molar refractivity (Wildman–Crippen MR) is 78.4 cm³/mol. The van der Waals surface area contributed by atoms with Gasteiger partial charge in [-0.15, -0.1) is 0 Å². The molecule has 3 N–H and O–H groups in total. The van der Waals surface area contributed by atoms with Crippen molar-refractivity contribution in [2.24, 2.45) is 0 Å². The summed E-state index contributed by atoms with van der Waals surface area (Å²) in [5.41, 5.74) is 2.48. The van der Waals surface area contributed by atoms with Gasteiger partial charge in [-0.3, -0.25) is 5.43 Å². The maximum Gasteiger partial charge on any atom is 0.419 e. The first-order valence-electron chi connectivity index (χ1n) is 6.62. The molecule has 0 aliphatic heterocycles. The molecule has 0 radical (unpaired) electrons. The Labute approximate surface area is 133 Å². The van der Waals surface area contributed by atoms with Crippen molar-refractivity contribution in [3.05, 3.63) is 40.1 Å². The first kappa shape index (κ1) is 15.5. The molecular weight excluding hydrogens is 335 g/mol. The zero-order valence-corrected chi connectivity index (χ0v) is 12.3. The zero-order chi connectivity index (χ0) is 16.8. The Balaban J connectivity index is 1.96. The summed E-state index contributed by atoms with van der Waals surface area (Å²) in [6, 6.07) is 1.83. The van der Waals surface area contributed by atoms with Gasteiger partial charge >= 0.3 is 6.18 Å². The van der Waals surface area contributed by atoms with Crippen molar-refractivity contribution in [2.75, 3.05) is 5.43 Å². The lowest BCUT2D eigenvalue weighted by atomic mass is 10.0. The van der Waals surface area contributed by atoms with E-state index < -0.39 is 16.9 Å². The number of nitrogens with one attached hydrogen (secondary N) is 1. The highest BCUT2D eigenvalue weighted by molar-refractivity contribution is 6.30. The quantitative estimate of drug-likeness (QED) is 0.724. The average molecular weight is 346 g/mol. The summed E-state index contributed by atoms with van der Waals surface area (Å²) < 4.78 is 38.9. The van der Waals surface area contributed by atoms with Gasteiger partial charge < -0.3 is 10.2 Å². The fourth-order valence-electron chi connectivity index (χ4n) is 2.39. The van der Waals surface area contributed by atoms with Crippen LogP contribution in [0.3, 0.4) is 0 Å². The van der Waals surface area contributed by atoms with Gasteiger partial charge in [0, 0.05) is 11.1 Å². The number of fused-ring (bicyclic) bond motifs is 1. The third-order valence-electron chi connectivity index (χ3n) is 3.49. The molecule has 0 fully saturated rings. The number of nitrogens with zero attached hydrogens (tertiary/aromatic N) is 2. The number of anilines is 1. The van der Waals surface area contributed by atoms with Gasteiger partial charge in [0.25, 0.3) is 0 Å². The fourth-order valence-corrected chi connectivity index (χ4v) is 2.65. The molecular formula is C14H11ClF3N3O2. The van der Waals surface area contributed by atoms with Gasteiger partial charge in [-0.25, -0.2) is 4.98 Å². The van der Waals surface area contributed by atoms with Crippen LogP contribution in [0.1, 0.15) is 23.1 Å². The zero-order valence-electron chi connectivity index (χ0n) is 11.5. The van der Waals surface area contributed by atoms with Crippen molar-refractivity contribution >= 4 is 23.5 Å². The van der Waals surface area contributed by atoms with Crippen molar-refractivity contribution in [1.29, 1.82) is 0 Å². The summed E-state index contributed by atoms with van der Waals surface area (Å²) in [5, 5.41) is 19.5. The summed E-state index contributed by atoms with van der Waals surface area (Å²) in [6.45, 7) is 0. The minimum absolute atomic E-state index is 0.0510. The number of halogens is 4. The lowest BCUT2D eigenvalue weighted by Gasteiger charge is -2.12. The van der Waals surface area contributed by atoms with Crippen LogP contribution < -0.4 is 5.43 Å². The van der Waals surface area contributed by atoms with E-state index in [-0.39, 0.29) is 17.6 Å². The first-order chi connectivity index (χ1) is 10.8. The van der Waals surface area contributed by atoms with Crippen LogP contribution in [0.4, 0.5) is 19.0 Å². The molecule has 23 heavy (non-hydrogen) atoms. The molecule has 2 aromatic heterocycles. The van der Waals surface area contributed by atoms with Crippen LogP contribution >= 0.6 is 11.6 Å². The Morgan fingerprint density at radius 1 is 1.22 bits per heavy atom. The molecule has 2 heterocycles. The first-order valence-corrected chi connectivity index (χ1v) is 6.99. The van der Waals surface area contributed by atoms with Crippen LogP contribution in [-0.4, -0.2) is 19.9 Å². The van der Waals surface area contributed by atoms with Crippen LogP contribution in [0.25, 0.3) is 6.08 Å². The van der Waals surface area contributed by atoms with Crippen molar-refractivity contribution < 1.29 is 23.4 Å². The van der Waals surface area contributed by atoms with Gasteiger partial charge in [-0.2, -0.15) is 17.8 Å². The smallest absolute Gasteiger partial charge is 0.419 e. The highest BCUT2D eigenvalue weighted by Gasteiger charge is 2.34. The lowest BCUT2D eigenvalue weighted by molar-refractivity contribution is -0.137. The van der Waals surface area contributed by atoms with E-state index in [0.29, 0.717) is 24.0 Å². The number of alkyl halides is 3. The molecule has 5 nitrogen and oxygen atoms in total. The molecule has 3 rings (SSSR count). The molecule has 1 aliphatic carbocycles. The number of aromatic hydroxyl groups is 2. The van der Waals surface area contributed by atoms with Crippen molar-refractivity contribution in [2.45, 2.75) is 19.0 Å². The number of rotatable bonds is 2. The highest BCUT2D eigenvalue weighted by atomic mass is 35.5. The van der Waals surface area contributed by atoms with Gasteiger partial charge in [-0.1, -0.05) is 23.8 Å². The molecule has 0 saturated heterocycles. The molecule has 1 aliphatic rings. The largest absolute Gasteiger partial charge is 0.493 e. The third-order valence-corrected chi connectivity index (χ3v) is 3.77. The standard InChI is InChI=1S/C14H11ClF3N3O2/c15-11-9(14(16,17)18)5-6-10(19-11)20-21-12(22)7-3-1-2-4-8(7)13(21)23/h1,3,5-6,22-23H,2,4H2,(H,19,20). The van der Waals surface area contributed by atoms with E-state index >= 15 is 0 Å². The normalized spacial score (nSPS) is 13.9. The van der Waals surface area contributed by atoms with E-state index in [9.17, 15) is 23.4 Å². The predicted octanol–water partition coefficient (Wildman–Crippen LogP) is 3.80. The third kappa shape index (κ3) is 2.70. The SMILES string of the molecule is Oc1c2c(c(O)n1Nc1ccc(C(F)(F)F)c(Cl)n1)CCC=C2. The average Bonchev–Trinajstić information content (AvgIpc) is 2.72. The van der Waals surface area contributed by atoms with E-state index in [1.54, 1.807) is 6.08 Å². The molecule has 122 valence electrons. The van der Waals surface area contributed by atoms with Crippen molar-refractivity contribution in [1.82, 2.24) is 9.66 Å². The Morgan fingerprint density at radius 3 is 2.57 bits per heavy atom. The molecule has 0 aromatic carbocycles. The summed E-state index contributed by atoms with van der Waals surface area (Å²) >= 11 is 5.54. The number of pyridine rings is 1. The Morgan fingerprint density at radius 2 is 1.96 bits per heavy atom. The Hall–Kier alpha value is -2.35. The van der Waals surface area contributed by atoms with E-state index in [1.165, 1.54) is 0 Å². The second kappa shape index (κ2) is 5.38. The number of allylic oxidation sites excluding steroid dienone is 1. The maximum atomic E-state index is 12.7. The van der Waals surface area contributed by atoms with Crippen LogP contribution in [-0.2, 0) is 12.6 Å². The molecule has 0 spiro atoms. The van der Waals surface area contributed by atoms with Crippen LogP contribution in [0, 0.1) is 0 Å². The van der Waals surface area contributed by atoms with E-state index in [2.05, 4.69) is 10.4 Å². The number of aromatic nitrogens is 2. The lowest BCUT2D eigenvalue weighted by Crippen LogP contribution is -2.12. The van der Waals surface area contributed by atoms with Gasteiger partial charge in [0.1, 0.15) is 11.0 Å². The summed E-state index contributed by atoms with van der Waals surface area (Å²) in [4.78, 5) is 3.60. The van der Waals surface area contributed by atoms with Gasteiger partial charge in [0.05, 0.1) is 5.56 Å². The number of hydrogen-bond acceptors (Lipinski definition) is 4. The van der Waals surface area contributed by atoms with Crippen molar-refractivity contribution in [3.8, 4) is 11.8 Å². The topological polar surface area (TPSA) is 70.3 Å². The second-order valence-electron chi connectivity index (χ2n) is 4.96. The highest BCUT2D eigenvalue weighted by Crippen LogP contribution is 2.38. The van der Waals surface area contributed by atoms with Gasteiger partial charge in [-0.05, 0) is 25.0 Å². The molecule has 0 unspecified atom stereocenters. The molecule has 9 heteroatoms. The van der Waals surface area contributed by atoms with E-state index in [0.717, 1.165) is 16.8 Å². The molecule has 0 bridgehead atoms. The summed E-state index contributed by atoms with van der Waals surface area (Å²) in [5.74, 6) is -0.532. The van der Waals surface area contributed by atoms with Gasteiger partial charge in [0.15, 0.2) is 0 Å². The van der Waals surface area contributed by atoms with Crippen LogP contribution in [0.2, 0.25) is 5.15 Å². The summed E-state index contributed by atoms with van der Waals surface area (Å²) in [7, 11) is 0. The molecule has 0 amide bonds. The Bertz CT molecular complexity index is 800.